The topological polar surface area (TPSA) is 34.9 Å². The molecule has 0 atom stereocenters. The number of aryl methyl sites for hydroxylation is 2. The van der Waals surface area contributed by atoms with Crippen molar-refractivity contribution in [3.63, 3.8) is 0 Å². The average Bonchev–Trinajstić information content (AvgIpc) is 2.89. The fourth-order valence-corrected chi connectivity index (χ4v) is 5.47. The lowest BCUT2D eigenvalue weighted by Gasteiger charge is -2.12. The maximum absolute atomic E-state index is 13.0. The van der Waals surface area contributed by atoms with Crippen molar-refractivity contribution in [3.8, 4) is 0 Å². The van der Waals surface area contributed by atoms with Crippen molar-refractivity contribution in [1.82, 2.24) is 9.55 Å². The second kappa shape index (κ2) is 7.18. The van der Waals surface area contributed by atoms with Crippen molar-refractivity contribution in [2.75, 3.05) is 5.75 Å². The highest BCUT2D eigenvalue weighted by Crippen LogP contribution is 2.34. The van der Waals surface area contributed by atoms with Gasteiger partial charge in [-0.2, -0.15) is 0 Å². The number of thiophene rings is 1. The number of aromatic nitrogens is 2. The molecule has 2 aromatic heterocycles. The van der Waals surface area contributed by atoms with Gasteiger partial charge in [-0.25, -0.2) is 4.98 Å². The minimum Gasteiger partial charge on any atom is -0.287 e. The predicted octanol–water partition coefficient (Wildman–Crippen LogP) is 4.64. The molecule has 22 heavy (non-hydrogen) atoms. The molecule has 0 aromatic carbocycles. The molecule has 0 fully saturated rings. The number of hydrogen-bond donors (Lipinski definition) is 0. The summed E-state index contributed by atoms with van der Waals surface area (Å²) >= 11 is 3.50. The summed E-state index contributed by atoms with van der Waals surface area (Å²) in [6.45, 7) is 5.10. The summed E-state index contributed by atoms with van der Waals surface area (Å²) in [5.74, 6) is 1.04. The van der Waals surface area contributed by atoms with Crippen LogP contribution in [0.15, 0.2) is 9.95 Å². The minimum absolute atomic E-state index is 0.199. The van der Waals surface area contributed by atoms with E-state index in [-0.39, 0.29) is 5.56 Å². The Hall–Kier alpha value is -0.810. The van der Waals surface area contributed by atoms with Gasteiger partial charge in [-0.05, 0) is 44.1 Å². The van der Waals surface area contributed by atoms with Crippen molar-refractivity contribution >= 4 is 33.3 Å². The van der Waals surface area contributed by atoms with Crippen molar-refractivity contribution in [3.05, 3.63) is 20.8 Å². The van der Waals surface area contributed by atoms with Gasteiger partial charge in [-0.15, -0.1) is 11.3 Å². The third-order valence-corrected chi connectivity index (χ3v) is 6.46. The van der Waals surface area contributed by atoms with E-state index >= 15 is 0 Å². The van der Waals surface area contributed by atoms with Gasteiger partial charge in [-0.3, -0.25) is 9.36 Å². The molecule has 0 saturated carbocycles. The molecule has 0 N–H and O–H groups in total. The summed E-state index contributed by atoms with van der Waals surface area (Å²) in [6.07, 6.45) is 7.97. The Balaban J connectivity index is 2.10. The van der Waals surface area contributed by atoms with Gasteiger partial charge in [0.1, 0.15) is 4.83 Å². The third-order valence-electron chi connectivity index (χ3n) is 4.22. The minimum atomic E-state index is 0.199. The molecule has 2 heterocycles. The van der Waals surface area contributed by atoms with Crippen LogP contribution in [0.5, 0.6) is 0 Å². The summed E-state index contributed by atoms with van der Waals surface area (Å²) in [6, 6.07) is 0. The lowest BCUT2D eigenvalue weighted by Crippen LogP contribution is -2.23. The summed E-state index contributed by atoms with van der Waals surface area (Å²) in [5, 5.41) is 1.85. The Morgan fingerprint density at radius 2 is 2.05 bits per heavy atom. The summed E-state index contributed by atoms with van der Waals surface area (Å²) in [4.78, 5) is 20.3. The van der Waals surface area contributed by atoms with Gasteiger partial charge in [0, 0.05) is 17.2 Å². The number of unbranched alkanes of at least 4 members (excludes halogenated alkanes) is 1. The van der Waals surface area contributed by atoms with Gasteiger partial charge in [0.15, 0.2) is 5.16 Å². The average molecular weight is 337 g/mol. The van der Waals surface area contributed by atoms with E-state index in [9.17, 15) is 4.79 Å². The van der Waals surface area contributed by atoms with E-state index in [1.165, 1.54) is 36.1 Å². The van der Waals surface area contributed by atoms with Crippen LogP contribution < -0.4 is 5.56 Å². The molecule has 0 spiro atoms. The zero-order valence-electron chi connectivity index (χ0n) is 13.5. The van der Waals surface area contributed by atoms with Crippen molar-refractivity contribution in [2.24, 2.45) is 0 Å². The Kier molecular flexibility index (Phi) is 5.24. The lowest BCUT2D eigenvalue weighted by molar-refractivity contribution is 0.584. The maximum Gasteiger partial charge on any atom is 0.263 e. The Labute approximate surface area is 140 Å². The van der Waals surface area contributed by atoms with Gasteiger partial charge < -0.3 is 0 Å². The van der Waals surface area contributed by atoms with Crippen LogP contribution in [0.3, 0.4) is 0 Å². The molecule has 120 valence electrons. The second-order valence-electron chi connectivity index (χ2n) is 5.94. The van der Waals surface area contributed by atoms with E-state index in [0.717, 1.165) is 46.9 Å². The molecule has 0 aliphatic heterocycles. The van der Waals surface area contributed by atoms with Gasteiger partial charge >= 0.3 is 0 Å². The number of thioether (sulfide) groups is 1. The standard InChI is InChI=1S/C17H24N2OS2/c1-3-5-11-21-17-18-15-14(16(20)19(17)10-4-2)12-8-6-7-9-13(12)22-15/h3-11H2,1-2H3. The van der Waals surface area contributed by atoms with Gasteiger partial charge in [0.25, 0.3) is 5.56 Å². The van der Waals surface area contributed by atoms with Crippen LogP contribution in [0, 0.1) is 0 Å². The number of nitrogens with zero attached hydrogens (tertiary/aromatic N) is 2. The van der Waals surface area contributed by atoms with Crippen LogP contribution in [0.4, 0.5) is 0 Å². The van der Waals surface area contributed by atoms with E-state index in [0.29, 0.717) is 0 Å². The first-order chi connectivity index (χ1) is 10.8. The number of fused-ring (bicyclic) bond motifs is 3. The summed E-state index contributed by atoms with van der Waals surface area (Å²) in [5.41, 5.74) is 1.50. The summed E-state index contributed by atoms with van der Waals surface area (Å²) in [7, 11) is 0. The van der Waals surface area contributed by atoms with Crippen LogP contribution in [-0.2, 0) is 19.4 Å². The van der Waals surface area contributed by atoms with E-state index in [2.05, 4.69) is 13.8 Å². The monoisotopic (exact) mass is 336 g/mol. The van der Waals surface area contributed by atoms with Crippen LogP contribution in [0.1, 0.15) is 56.4 Å². The van der Waals surface area contributed by atoms with E-state index in [4.69, 9.17) is 4.98 Å². The maximum atomic E-state index is 13.0. The lowest BCUT2D eigenvalue weighted by atomic mass is 9.97. The first-order valence-corrected chi connectivity index (χ1v) is 10.2. The van der Waals surface area contributed by atoms with Crippen LogP contribution in [0.2, 0.25) is 0 Å². The molecule has 3 rings (SSSR count). The molecule has 0 saturated heterocycles. The fourth-order valence-electron chi connectivity index (χ4n) is 3.06. The smallest absolute Gasteiger partial charge is 0.263 e. The molecule has 0 amide bonds. The first kappa shape index (κ1) is 16.1. The van der Waals surface area contributed by atoms with E-state index < -0.39 is 0 Å². The fraction of sp³-hybridized carbons (Fsp3) is 0.647. The highest BCUT2D eigenvalue weighted by atomic mass is 32.2. The molecule has 1 aliphatic carbocycles. The first-order valence-electron chi connectivity index (χ1n) is 8.44. The van der Waals surface area contributed by atoms with Crippen molar-refractivity contribution in [2.45, 2.75) is 70.5 Å². The van der Waals surface area contributed by atoms with Crippen LogP contribution in [-0.4, -0.2) is 15.3 Å². The molecular weight excluding hydrogens is 312 g/mol. The summed E-state index contributed by atoms with van der Waals surface area (Å²) < 4.78 is 1.92. The van der Waals surface area contributed by atoms with Crippen LogP contribution in [0.25, 0.3) is 10.2 Å². The van der Waals surface area contributed by atoms with Crippen molar-refractivity contribution in [1.29, 1.82) is 0 Å². The Bertz CT molecular complexity index is 717. The van der Waals surface area contributed by atoms with Gasteiger partial charge in [0.2, 0.25) is 0 Å². The molecule has 5 heteroatoms. The number of hydrogen-bond acceptors (Lipinski definition) is 4. The van der Waals surface area contributed by atoms with Gasteiger partial charge in [0.05, 0.1) is 5.39 Å². The molecule has 1 aliphatic rings. The van der Waals surface area contributed by atoms with E-state index in [1.54, 1.807) is 23.1 Å². The SMILES string of the molecule is CCCCSc1nc2sc3c(c2c(=O)n1CCC)CCCC3. The largest absolute Gasteiger partial charge is 0.287 e. The van der Waals surface area contributed by atoms with Crippen LogP contribution >= 0.6 is 23.1 Å². The molecule has 0 unspecified atom stereocenters. The highest BCUT2D eigenvalue weighted by Gasteiger charge is 2.21. The molecular formula is C17H24N2OS2. The molecule has 3 nitrogen and oxygen atoms in total. The second-order valence-corrected chi connectivity index (χ2v) is 8.09. The van der Waals surface area contributed by atoms with E-state index in [1.807, 2.05) is 4.57 Å². The third kappa shape index (κ3) is 2.98. The van der Waals surface area contributed by atoms with Gasteiger partial charge in [-0.1, -0.05) is 32.0 Å². The van der Waals surface area contributed by atoms with Crippen molar-refractivity contribution < 1.29 is 0 Å². The molecule has 0 bridgehead atoms. The normalized spacial score (nSPS) is 14.5. The number of rotatable bonds is 6. The predicted molar refractivity (Wildman–Crippen MR) is 96.4 cm³/mol. The molecule has 2 aromatic rings. The molecule has 0 radical (unpaired) electrons. The zero-order chi connectivity index (χ0) is 15.5. The Morgan fingerprint density at radius 1 is 1.23 bits per heavy atom. The quantitative estimate of drug-likeness (QED) is 0.438. The highest BCUT2D eigenvalue weighted by molar-refractivity contribution is 7.99. The Morgan fingerprint density at radius 3 is 2.82 bits per heavy atom. The zero-order valence-corrected chi connectivity index (χ0v) is 15.1.